The lowest BCUT2D eigenvalue weighted by Gasteiger charge is -2.17. The number of anilines is 2. The first-order valence-electron chi connectivity index (χ1n) is 5.68. The molecular formula is C11H19N3O3S. The molecule has 7 heteroatoms. The standard InChI is InChI=1S/C11H19N3O3S/c1-2-8(5-6-15)14-9-3-4-11(10(12)7-9)18(13,16)17/h3-4,7-8,14-15H,2,5-6,12H2,1H3,(H2,13,16,17). The zero-order valence-corrected chi connectivity index (χ0v) is 11.1. The number of nitrogen functional groups attached to an aromatic ring is 1. The van der Waals surface area contributed by atoms with E-state index in [0.29, 0.717) is 12.1 Å². The van der Waals surface area contributed by atoms with E-state index in [2.05, 4.69) is 5.32 Å². The second kappa shape index (κ2) is 6.03. The third-order valence-corrected chi connectivity index (χ3v) is 3.64. The number of benzene rings is 1. The second-order valence-corrected chi connectivity index (χ2v) is 5.59. The Morgan fingerprint density at radius 2 is 2.11 bits per heavy atom. The van der Waals surface area contributed by atoms with Crippen molar-refractivity contribution in [3.05, 3.63) is 18.2 Å². The predicted octanol–water partition coefficient (Wildman–Crippen LogP) is 0.489. The van der Waals surface area contributed by atoms with Crippen LogP contribution in [0.5, 0.6) is 0 Å². The van der Waals surface area contributed by atoms with Gasteiger partial charge in [-0.25, -0.2) is 13.6 Å². The zero-order valence-electron chi connectivity index (χ0n) is 10.3. The molecule has 0 aliphatic rings. The van der Waals surface area contributed by atoms with Crippen molar-refractivity contribution in [1.82, 2.24) is 0 Å². The van der Waals surface area contributed by atoms with Gasteiger partial charge in [-0.05, 0) is 31.0 Å². The van der Waals surface area contributed by atoms with E-state index < -0.39 is 10.0 Å². The average molecular weight is 273 g/mol. The fraction of sp³-hybridized carbons (Fsp3) is 0.455. The van der Waals surface area contributed by atoms with Crippen LogP contribution in [0.2, 0.25) is 0 Å². The third kappa shape index (κ3) is 3.86. The molecule has 0 fully saturated rings. The van der Waals surface area contributed by atoms with E-state index in [0.717, 1.165) is 6.42 Å². The minimum atomic E-state index is -3.79. The van der Waals surface area contributed by atoms with Crippen molar-refractivity contribution in [3.8, 4) is 0 Å². The van der Waals surface area contributed by atoms with Gasteiger partial charge in [0.25, 0.3) is 0 Å². The molecule has 0 aliphatic carbocycles. The fourth-order valence-corrected chi connectivity index (χ4v) is 2.31. The van der Waals surface area contributed by atoms with Crippen LogP contribution in [0.25, 0.3) is 0 Å². The number of rotatable bonds is 6. The maximum Gasteiger partial charge on any atom is 0.240 e. The van der Waals surface area contributed by atoms with Gasteiger partial charge in [0.2, 0.25) is 10.0 Å². The average Bonchev–Trinajstić information content (AvgIpc) is 2.26. The van der Waals surface area contributed by atoms with Gasteiger partial charge < -0.3 is 16.2 Å². The van der Waals surface area contributed by atoms with Crippen LogP contribution in [0.4, 0.5) is 11.4 Å². The summed E-state index contributed by atoms with van der Waals surface area (Å²) in [6.07, 6.45) is 1.46. The molecule has 0 amide bonds. The van der Waals surface area contributed by atoms with Crippen LogP contribution in [0.15, 0.2) is 23.1 Å². The highest BCUT2D eigenvalue weighted by Crippen LogP contribution is 2.22. The lowest BCUT2D eigenvalue weighted by Crippen LogP contribution is -2.20. The lowest BCUT2D eigenvalue weighted by atomic mass is 10.1. The first-order valence-corrected chi connectivity index (χ1v) is 7.22. The van der Waals surface area contributed by atoms with Crippen molar-refractivity contribution in [2.45, 2.75) is 30.7 Å². The van der Waals surface area contributed by atoms with Crippen molar-refractivity contribution >= 4 is 21.4 Å². The Morgan fingerprint density at radius 3 is 2.56 bits per heavy atom. The topological polar surface area (TPSA) is 118 Å². The van der Waals surface area contributed by atoms with Crippen molar-refractivity contribution in [3.63, 3.8) is 0 Å². The summed E-state index contributed by atoms with van der Waals surface area (Å²) in [6, 6.07) is 4.63. The number of aliphatic hydroxyl groups is 1. The Kier molecular flexibility index (Phi) is 4.94. The van der Waals surface area contributed by atoms with Crippen LogP contribution in [-0.4, -0.2) is 26.2 Å². The van der Waals surface area contributed by atoms with Crippen LogP contribution < -0.4 is 16.2 Å². The molecule has 1 atom stereocenters. The lowest BCUT2D eigenvalue weighted by molar-refractivity contribution is 0.278. The summed E-state index contributed by atoms with van der Waals surface area (Å²) < 4.78 is 22.4. The van der Waals surface area contributed by atoms with Crippen LogP contribution in [-0.2, 0) is 10.0 Å². The number of primary sulfonamides is 1. The van der Waals surface area contributed by atoms with Gasteiger partial charge in [-0.15, -0.1) is 0 Å². The van der Waals surface area contributed by atoms with E-state index in [1.165, 1.54) is 12.1 Å². The molecule has 1 aromatic rings. The molecule has 1 rings (SSSR count). The van der Waals surface area contributed by atoms with E-state index in [4.69, 9.17) is 16.0 Å². The fourth-order valence-electron chi connectivity index (χ4n) is 1.67. The Morgan fingerprint density at radius 1 is 1.44 bits per heavy atom. The first-order chi connectivity index (χ1) is 8.38. The van der Waals surface area contributed by atoms with E-state index in [9.17, 15) is 8.42 Å². The smallest absolute Gasteiger partial charge is 0.240 e. The van der Waals surface area contributed by atoms with Crippen molar-refractivity contribution in [2.24, 2.45) is 5.14 Å². The maximum absolute atomic E-state index is 11.2. The molecule has 1 aromatic carbocycles. The molecule has 102 valence electrons. The van der Waals surface area contributed by atoms with Crippen molar-refractivity contribution in [1.29, 1.82) is 0 Å². The van der Waals surface area contributed by atoms with E-state index >= 15 is 0 Å². The predicted molar refractivity (Wildman–Crippen MR) is 71.6 cm³/mol. The molecule has 6 nitrogen and oxygen atoms in total. The van der Waals surface area contributed by atoms with Crippen LogP contribution in [0.3, 0.4) is 0 Å². The van der Waals surface area contributed by atoms with E-state index in [1.54, 1.807) is 6.07 Å². The number of nitrogens with two attached hydrogens (primary N) is 2. The van der Waals surface area contributed by atoms with Crippen LogP contribution in [0, 0.1) is 0 Å². The van der Waals surface area contributed by atoms with Gasteiger partial charge in [0, 0.05) is 18.3 Å². The largest absolute Gasteiger partial charge is 0.398 e. The van der Waals surface area contributed by atoms with Gasteiger partial charge in [0.05, 0.1) is 5.69 Å². The normalized spacial score (nSPS) is 13.3. The number of hydrogen-bond donors (Lipinski definition) is 4. The first kappa shape index (κ1) is 14.7. The molecule has 0 aromatic heterocycles. The summed E-state index contributed by atoms with van der Waals surface area (Å²) in [7, 11) is -3.79. The number of nitrogens with one attached hydrogen (secondary N) is 1. The van der Waals surface area contributed by atoms with Crippen molar-refractivity contribution in [2.75, 3.05) is 17.7 Å². The molecule has 1 unspecified atom stereocenters. The Hall–Kier alpha value is -1.31. The highest BCUT2D eigenvalue weighted by atomic mass is 32.2. The van der Waals surface area contributed by atoms with Gasteiger partial charge in [0.1, 0.15) is 4.90 Å². The minimum absolute atomic E-state index is 0.0803. The summed E-state index contributed by atoms with van der Waals surface area (Å²) in [6.45, 7) is 2.09. The molecular weight excluding hydrogens is 254 g/mol. The van der Waals surface area contributed by atoms with Gasteiger partial charge in [-0.3, -0.25) is 0 Å². The molecule has 18 heavy (non-hydrogen) atoms. The monoisotopic (exact) mass is 273 g/mol. The second-order valence-electron chi connectivity index (χ2n) is 4.06. The highest BCUT2D eigenvalue weighted by molar-refractivity contribution is 7.89. The van der Waals surface area contributed by atoms with Gasteiger partial charge in [-0.2, -0.15) is 0 Å². The summed E-state index contributed by atoms with van der Waals surface area (Å²) >= 11 is 0. The molecule has 0 heterocycles. The Bertz CT molecular complexity index is 502. The summed E-state index contributed by atoms with van der Waals surface area (Å²) in [4.78, 5) is -0.0803. The van der Waals surface area contributed by atoms with Gasteiger partial charge in [-0.1, -0.05) is 6.92 Å². The maximum atomic E-state index is 11.2. The van der Waals surface area contributed by atoms with Gasteiger partial charge >= 0.3 is 0 Å². The molecule has 0 saturated heterocycles. The Balaban J connectivity index is 2.91. The molecule has 0 spiro atoms. The SMILES string of the molecule is CCC(CCO)Nc1ccc(S(N)(=O)=O)c(N)c1. The summed E-state index contributed by atoms with van der Waals surface area (Å²) in [5, 5.41) is 17.1. The highest BCUT2D eigenvalue weighted by Gasteiger charge is 2.13. The molecule has 0 saturated carbocycles. The summed E-state index contributed by atoms with van der Waals surface area (Å²) in [5.41, 5.74) is 6.47. The number of sulfonamides is 1. The molecule has 0 bridgehead atoms. The van der Waals surface area contributed by atoms with Gasteiger partial charge in [0.15, 0.2) is 0 Å². The summed E-state index contributed by atoms with van der Waals surface area (Å²) in [5.74, 6) is 0. The minimum Gasteiger partial charge on any atom is -0.398 e. The van der Waals surface area contributed by atoms with E-state index in [1.807, 2.05) is 6.92 Å². The third-order valence-electron chi connectivity index (χ3n) is 2.66. The van der Waals surface area contributed by atoms with E-state index in [-0.39, 0.29) is 23.2 Å². The quantitative estimate of drug-likeness (QED) is 0.562. The molecule has 6 N–H and O–H groups in total. The number of hydrogen-bond acceptors (Lipinski definition) is 5. The van der Waals surface area contributed by atoms with Crippen molar-refractivity contribution < 1.29 is 13.5 Å². The molecule has 0 radical (unpaired) electrons. The zero-order chi connectivity index (χ0) is 13.8. The van der Waals surface area contributed by atoms with Crippen LogP contribution in [0.1, 0.15) is 19.8 Å². The number of aliphatic hydroxyl groups excluding tert-OH is 1. The van der Waals surface area contributed by atoms with Crippen LogP contribution >= 0.6 is 0 Å². The Labute approximate surface area is 107 Å². The molecule has 0 aliphatic heterocycles.